The molecule has 0 radical (unpaired) electrons. The van der Waals surface area contributed by atoms with E-state index in [0.717, 1.165) is 19.3 Å². The summed E-state index contributed by atoms with van der Waals surface area (Å²) in [7, 11) is 1.74. The number of nitrogens with zero attached hydrogens (tertiary/aromatic N) is 1. The van der Waals surface area contributed by atoms with E-state index in [2.05, 4.69) is 6.92 Å². The molecule has 0 aromatic rings. The quantitative estimate of drug-likeness (QED) is 0.538. The summed E-state index contributed by atoms with van der Waals surface area (Å²) in [6.45, 7) is 5.90. The standard InChI is InChI=1S/C12H19NO3/c1-5-6-7-8-9(14)13(4)11(2)10(15)16-12(8,11)3/h8H,5-7H2,1-4H3/p+1/t8-,11-,12-/m0/s1. The molecule has 0 aromatic heterocycles. The second-order valence-electron chi connectivity index (χ2n) is 5.18. The molecular weight excluding hydrogens is 206 g/mol. The number of carbonyl (C=O) groups excluding carboxylic acids is 2. The van der Waals surface area contributed by atoms with Crippen LogP contribution in [0.25, 0.3) is 0 Å². The molecule has 2 heterocycles. The summed E-state index contributed by atoms with van der Waals surface area (Å²) >= 11 is 0. The fraction of sp³-hybridized carbons (Fsp3) is 0.833. The van der Waals surface area contributed by atoms with Crippen LogP contribution in [0.5, 0.6) is 0 Å². The molecule has 4 heteroatoms. The van der Waals surface area contributed by atoms with Gasteiger partial charge in [-0.3, -0.25) is 4.79 Å². The molecule has 1 N–H and O–H groups in total. The van der Waals surface area contributed by atoms with Gasteiger partial charge in [0.2, 0.25) is 5.91 Å². The highest BCUT2D eigenvalue weighted by molar-refractivity contribution is 6.01. The predicted octanol–water partition coefficient (Wildman–Crippen LogP) is 1.31. The first-order valence-electron chi connectivity index (χ1n) is 5.92. The van der Waals surface area contributed by atoms with Crippen LogP contribution < -0.4 is 0 Å². The molecule has 0 saturated carbocycles. The molecule has 0 aromatic carbocycles. The SMILES string of the molecule is CCCC[C@H]1C(=O)N(C)[C@@]2(C)C(=[OH+])O[C@@]12C. The Morgan fingerprint density at radius 2 is 2.12 bits per heavy atom. The van der Waals surface area contributed by atoms with E-state index in [0.29, 0.717) is 0 Å². The van der Waals surface area contributed by atoms with Gasteiger partial charge >= 0.3 is 5.97 Å². The molecule has 0 unspecified atom stereocenters. The maximum atomic E-state index is 12.1. The summed E-state index contributed by atoms with van der Waals surface area (Å²) in [6, 6.07) is 0. The first-order chi connectivity index (χ1) is 7.39. The van der Waals surface area contributed by atoms with Crippen molar-refractivity contribution < 1.29 is 14.3 Å². The Kier molecular flexibility index (Phi) is 2.30. The van der Waals surface area contributed by atoms with Crippen LogP contribution in [0.4, 0.5) is 0 Å². The molecule has 0 bridgehead atoms. The average Bonchev–Trinajstić information content (AvgIpc) is 2.36. The van der Waals surface area contributed by atoms with Crippen molar-refractivity contribution in [1.29, 1.82) is 0 Å². The summed E-state index contributed by atoms with van der Waals surface area (Å²) < 4.78 is 5.41. The molecule has 0 aliphatic carbocycles. The number of likely N-dealkylation sites (tertiary alicyclic amines) is 1. The number of carbonyl (C=O) groups is 1. The van der Waals surface area contributed by atoms with Gasteiger partial charge in [-0.05, 0) is 13.3 Å². The van der Waals surface area contributed by atoms with Crippen LogP contribution in [-0.4, -0.2) is 39.8 Å². The van der Waals surface area contributed by atoms with Gasteiger partial charge in [0.1, 0.15) is 5.92 Å². The van der Waals surface area contributed by atoms with E-state index in [9.17, 15) is 9.59 Å². The van der Waals surface area contributed by atoms with Crippen LogP contribution in [0.1, 0.15) is 40.0 Å². The van der Waals surface area contributed by atoms with Crippen LogP contribution in [0.15, 0.2) is 0 Å². The minimum Gasteiger partial charge on any atom is -0.337 e. The maximum Gasteiger partial charge on any atom is 0.517 e. The maximum absolute atomic E-state index is 12.1. The minimum atomic E-state index is -0.636. The van der Waals surface area contributed by atoms with Gasteiger partial charge in [-0.2, -0.15) is 0 Å². The summed E-state index contributed by atoms with van der Waals surface area (Å²) in [4.78, 5) is 23.5. The Morgan fingerprint density at radius 1 is 1.50 bits per heavy atom. The number of amides is 1. The molecule has 2 saturated heterocycles. The Hall–Kier alpha value is -1.06. The second kappa shape index (κ2) is 3.22. The highest BCUT2D eigenvalue weighted by Crippen LogP contribution is 2.54. The van der Waals surface area contributed by atoms with Crippen LogP contribution in [0.3, 0.4) is 0 Å². The van der Waals surface area contributed by atoms with Crippen molar-refractivity contribution >= 4 is 11.9 Å². The van der Waals surface area contributed by atoms with E-state index in [1.165, 1.54) is 0 Å². The third-order valence-electron chi connectivity index (χ3n) is 4.50. The number of likely N-dealkylation sites (N-methyl/N-ethyl adjacent to an activating group) is 1. The zero-order valence-corrected chi connectivity index (χ0v) is 10.4. The molecular formula is C12H20NO3+. The fourth-order valence-electron chi connectivity index (χ4n) is 2.95. The number of fused-ring (bicyclic) bond motifs is 1. The monoisotopic (exact) mass is 226 g/mol. The Bertz CT molecular complexity index is 354. The summed E-state index contributed by atoms with van der Waals surface area (Å²) in [5, 5.41) is 0. The molecule has 3 atom stereocenters. The number of ether oxygens (including phenoxy) is 1. The van der Waals surface area contributed by atoms with Crippen molar-refractivity contribution in [3.63, 3.8) is 0 Å². The largest absolute Gasteiger partial charge is 0.517 e. The lowest BCUT2D eigenvalue weighted by atomic mass is 9.71. The number of unbranched alkanes of at least 4 members (excludes halogenated alkanes) is 1. The third kappa shape index (κ3) is 1.00. The van der Waals surface area contributed by atoms with E-state index in [1.807, 2.05) is 13.8 Å². The summed E-state index contributed by atoms with van der Waals surface area (Å²) in [6.07, 6.45) is 2.91. The van der Waals surface area contributed by atoms with Gasteiger partial charge in [-0.25, -0.2) is 0 Å². The van der Waals surface area contributed by atoms with Crippen LogP contribution in [-0.2, 0) is 9.53 Å². The molecule has 2 rings (SSSR count). The highest BCUT2D eigenvalue weighted by Gasteiger charge is 2.83. The zero-order valence-electron chi connectivity index (χ0n) is 10.4. The topological polar surface area (TPSA) is 50.9 Å². The van der Waals surface area contributed by atoms with Crippen LogP contribution in [0.2, 0.25) is 0 Å². The first kappa shape index (κ1) is 11.4. The van der Waals surface area contributed by atoms with E-state index >= 15 is 0 Å². The Labute approximate surface area is 95.9 Å². The lowest BCUT2D eigenvalue weighted by Crippen LogP contribution is -2.72. The zero-order chi connectivity index (χ0) is 12.1. The van der Waals surface area contributed by atoms with Crippen LogP contribution >= 0.6 is 0 Å². The second-order valence-corrected chi connectivity index (χ2v) is 5.18. The average molecular weight is 226 g/mol. The van der Waals surface area contributed by atoms with Crippen molar-refractivity contribution in [2.24, 2.45) is 5.92 Å². The van der Waals surface area contributed by atoms with Crippen molar-refractivity contribution in [2.75, 3.05) is 7.05 Å². The van der Waals surface area contributed by atoms with Crippen molar-refractivity contribution in [3.8, 4) is 0 Å². The lowest BCUT2D eigenvalue weighted by Gasteiger charge is -2.43. The molecule has 4 nitrogen and oxygen atoms in total. The number of hydrogen-bond donors (Lipinski definition) is 0. The summed E-state index contributed by atoms with van der Waals surface area (Å²) in [5.74, 6) is -0.0642. The molecule has 0 spiro atoms. The van der Waals surface area contributed by atoms with Gasteiger partial charge in [0.05, 0.1) is 0 Å². The Morgan fingerprint density at radius 3 is 2.56 bits per heavy atom. The smallest absolute Gasteiger partial charge is 0.337 e. The van der Waals surface area contributed by atoms with E-state index in [-0.39, 0.29) is 17.8 Å². The predicted molar refractivity (Wildman–Crippen MR) is 60.6 cm³/mol. The van der Waals surface area contributed by atoms with Crippen molar-refractivity contribution in [1.82, 2.24) is 4.90 Å². The van der Waals surface area contributed by atoms with Gasteiger partial charge in [0.15, 0.2) is 0 Å². The van der Waals surface area contributed by atoms with Gasteiger partial charge in [-0.1, -0.05) is 19.8 Å². The van der Waals surface area contributed by atoms with Gasteiger partial charge in [-0.15, -0.1) is 0 Å². The van der Waals surface area contributed by atoms with Crippen molar-refractivity contribution in [3.05, 3.63) is 0 Å². The Balaban J connectivity index is 2.30. The number of esters is 1. The van der Waals surface area contributed by atoms with E-state index in [4.69, 9.17) is 4.74 Å². The molecule has 2 aliphatic rings. The van der Waals surface area contributed by atoms with Gasteiger partial charge in [0.25, 0.3) is 11.1 Å². The number of hydrogen-bond acceptors (Lipinski definition) is 2. The molecule has 1 amide bonds. The van der Waals surface area contributed by atoms with Gasteiger partial charge in [0, 0.05) is 14.0 Å². The normalized spacial score (nSPS) is 41.8. The fourth-order valence-corrected chi connectivity index (χ4v) is 2.95. The van der Waals surface area contributed by atoms with Gasteiger partial charge < -0.3 is 14.4 Å². The number of rotatable bonds is 3. The van der Waals surface area contributed by atoms with E-state index in [1.54, 1.807) is 11.9 Å². The third-order valence-corrected chi connectivity index (χ3v) is 4.50. The molecule has 16 heavy (non-hydrogen) atoms. The minimum absolute atomic E-state index is 0.0233. The summed E-state index contributed by atoms with van der Waals surface area (Å²) in [5.41, 5.74) is -1.19. The lowest BCUT2D eigenvalue weighted by molar-refractivity contribution is -0.131. The van der Waals surface area contributed by atoms with E-state index < -0.39 is 11.1 Å². The van der Waals surface area contributed by atoms with Crippen LogP contribution in [0, 0.1) is 5.92 Å². The molecule has 2 aliphatic heterocycles. The highest BCUT2D eigenvalue weighted by atomic mass is 16.6. The molecule has 90 valence electrons. The van der Waals surface area contributed by atoms with Crippen molar-refractivity contribution in [2.45, 2.75) is 51.2 Å². The first-order valence-corrected chi connectivity index (χ1v) is 5.92. The molecule has 2 fully saturated rings.